The van der Waals surface area contributed by atoms with E-state index in [2.05, 4.69) is 10.2 Å². The normalized spacial score (nSPS) is 15.0. The topological polar surface area (TPSA) is 84.9 Å². The van der Waals surface area contributed by atoms with Crippen molar-refractivity contribution in [1.82, 2.24) is 14.5 Å². The summed E-state index contributed by atoms with van der Waals surface area (Å²) < 4.78 is 37.7. The van der Waals surface area contributed by atoms with Gasteiger partial charge in [-0.05, 0) is 48.5 Å². The molecule has 4 rings (SSSR count). The molecule has 0 unspecified atom stereocenters. The van der Waals surface area contributed by atoms with Crippen molar-refractivity contribution in [3.63, 3.8) is 0 Å². The molecule has 0 atom stereocenters. The summed E-state index contributed by atoms with van der Waals surface area (Å²) in [4.78, 5) is 2.31. The van der Waals surface area contributed by atoms with Gasteiger partial charge in [0.05, 0.1) is 24.8 Å². The second-order valence-corrected chi connectivity index (χ2v) is 9.01. The Hall–Kier alpha value is -3.17. The van der Waals surface area contributed by atoms with E-state index in [0.717, 1.165) is 22.8 Å². The number of anilines is 1. The van der Waals surface area contributed by atoms with Gasteiger partial charge in [-0.2, -0.15) is 4.31 Å². The van der Waals surface area contributed by atoms with Gasteiger partial charge in [-0.1, -0.05) is 12.1 Å². The molecule has 0 bridgehead atoms. The summed E-state index contributed by atoms with van der Waals surface area (Å²) in [5.41, 5.74) is 1.68. The molecule has 0 N–H and O–H groups in total. The Balaban J connectivity index is 1.42. The van der Waals surface area contributed by atoms with Crippen molar-refractivity contribution in [2.24, 2.45) is 0 Å². The van der Waals surface area contributed by atoms with Crippen molar-refractivity contribution in [3.8, 4) is 22.8 Å². The SMILES string of the molecule is COc1ccc(S(=O)(=O)N2CCN(c3ccc(-c4cccc(OC)c4)nn3)CC2)cc1. The number of hydrogen-bond donors (Lipinski definition) is 0. The van der Waals surface area contributed by atoms with E-state index in [0.29, 0.717) is 31.9 Å². The van der Waals surface area contributed by atoms with Crippen molar-refractivity contribution in [2.75, 3.05) is 45.3 Å². The first-order valence-electron chi connectivity index (χ1n) is 9.88. The second kappa shape index (κ2) is 8.91. The van der Waals surface area contributed by atoms with Crippen molar-refractivity contribution < 1.29 is 17.9 Å². The number of ether oxygens (including phenoxy) is 2. The minimum absolute atomic E-state index is 0.268. The number of sulfonamides is 1. The fraction of sp³-hybridized carbons (Fsp3) is 0.273. The highest BCUT2D eigenvalue weighted by molar-refractivity contribution is 7.89. The van der Waals surface area contributed by atoms with Crippen LogP contribution >= 0.6 is 0 Å². The molecule has 1 aromatic heterocycles. The summed E-state index contributed by atoms with van der Waals surface area (Å²) in [5, 5.41) is 8.69. The number of hydrogen-bond acceptors (Lipinski definition) is 7. The van der Waals surface area contributed by atoms with Gasteiger partial charge < -0.3 is 14.4 Å². The monoisotopic (exact) mass is 440 g/mol. The molecular formula is C22H24N4O4S. The third-order valence-electron chi connectivity index (χ3n) is 5.28. The molecule has 1 aliphatic heterocycles. The van der Waals surface area contributed by atoms with Gasteiger partial charge in [0.25, 0.3) is 0 Å². The number of rotatable bonds is 6. The van der Waals surface area contributed by atoms with Crippen molar-refractivity contribution in [1.29, 1.82) is 0 Å². The largest absolute Gasteiger partial charge is 0.497 e. The van der Waals surface area contributed by atoms with Gasteiger partial charge in [0.1, 0.15) is 11.5 Å². The molecule has 8 nitrogen and oxygen atoms in total. The molecule has 0 aliphatic carbocycles. The molecule has 0 radical (unpaired) electrons. The maximum Gasteiger partial charge on any atom is 0.243 e. The van der Waals surface area contributed by atoms with Gasteiger partial charge in [-0.25, -0.2) is 8.42 Å². The maximum absolute atomic E-state index is 12.9. The molecule has 1 saturated heterocycles. The Kier molecular flexibility index (Phi) is 6.06. The van der Waals surface area contributed by atoms with Crippen LogP contribution in [0.2, 0.25) is 0 Å². The lowest BCUT2D eigenvalue weighted by Gasteiger charge is -2.34. The van der Waals surface area contributed by atoms with Crippen LogP contribution in [0.4, 0.5) is 5.82 Å². The van der Waals surface area contributed by atoms with E-state index in [1.54, 1.807) is 38.5 Å². The Morgan fingerprint density at radius 3 is 2.13 bits per heavy atom. The minimum atomic E-state index is -3.54. The fourth-order valence-electron chi connectivity index (χ4n) is 3.48. The fourth-order valence-corrected chi connectivity index (χ4v) is 4.91. The van der Waals surface area contributed by atoms with Crippen LogP contribution in [0.3, 0.4) is 0 Å². The van der Waals surface area contributed by atoms with Gasteiger partial charge in [0.2, 0.25) is 10.0 Å². The predicted molar refractivity (Wildman–Crippen MR) is 118 cm³/mol. The molecule has 9 heteroatoms. The Morgan fingerprint density at radius 1 is 0.806 bits per heavy atom. The van der Waals surface area contributed by atoms with Gasteiger partial charge in [-0.3, -0.25) is 0 Å². The van der Waals surface area contributed by atoms with E-state index >= 15 is 0 Å². The highest BCUT2D eigenvalue weighted by Gasteiger charge is 2.29. The lowest BCUT2D eigenvalue weighted by molar-refractivity contribution is 0.383. The average molecular weight is 441 g/mol. The van der Waals surface area contributed by atoms with E-state index in [9.17, 15) is 8.42 Å². The van der Waals surface area contributed by atoms with E-state index in [1.165, 1.54) is 4.31 Å². The highest BCUT2D eigenvalue weighted by atomic mass is 32.2. The standard InChI is InChI=1S/C22H24N4O4S/c1-29-18-6-8-20(9-7-18)31(27,28)26-14-12-25(13-15-26)22-11-10-21(23-24-22)17-4-3-5-19(16-17)30-2/h3-11,16H,12-15H2,1-2H3. The summed E-state index contributed by atoms with van der Waals surface area (Å²) in [6.45, 7) is 1.85. The van der Waals surface area contributed by atoms with Crippen LogP contribution in [0.15, 0.2) is 65.6 Å². The van der Waals surface area contributed by atoms with Crippen LogP contribution < -0.4 is 14.4 Å². The highest BCUT2D eigenvalue weighted by Crippen LogP contribution is 2.24. The molecule has 0 spiro atoms. The first-order valence-corrected chi connectivity index (χ1v) is 11.3. The lowest BCUT2D eigenvalue weighted by Crippen LogP contribution is -2.48. The summed E-state index contributed by atoms with van der Waals surface area (Å²) in [6, 6.07) is 17.9. The number of aromatic nitrogens is 2. The smallest absolute Gasteiger partial charge is 0.243 e. The van der Waals surface area contributed by atoms with Crippen LogP contribution in [-0.4, -0.2) is 63.3 Å². The number of piperazine rings is 1. The van der Waals surface area contributed by atoms with E-state index < -0.39 is 10.0 Å². The molecule has 2 heterocycles. The number of methoxy groups -OCH3 is 2. The lowest BCUT2D eigenvalue weighted by atomic mass is 10.1. The minimum Gasteiger partial charge on any atom is -0.497 e. The zero-order valence-electron chi connectivity index (χ0n) is 17.4. The summed E-state index contributed by atoms with van der Waals surface area (Å²) in [6.07, 6.45) is 0. The van der Waals surface area contributed by atoms with E-state index in [-0.39, 0.29) is 4.90 Å². The summed E-state index contributed by atoms with van der Waals surface area (Å²) in [7, 11) is -0.361. The first kappa shape index (κ1) is 21.1. The third-order valence-corrected chi connectivity index (χ3v) is 7.19. The molecule has 0 saturated carbocycles. The maximum atomic E-state index is 12.9. The number of benzene rings is 2. The molecule has 162 valence electrons. The average Bonchev–Trinajstić information content (AvgIpc) is 2.84. The van der Waals surface area contributed by atoms with Gasteiger partial charge >= 0.3 is 0 Å². The van der Waals surface area contributed by atoms with Crippen molar-refractivity contribution in [2.45, 2.75) is 4.90 Å². The third kappa shape index (κ3) is 4.47. The van der Waals surface area contributed by atoms with Crippen LogP contribution in [0, 0.1) is 0 Å². The molecular weight excluding hydrogens is 416 g/mol. The zero-order valence-corrected chi connectivity index (χ0v) is 18.2. The first-order chi connectivity index (χ1) is 15.0. The summed E-state index contributed by atoms with van der Waals surface area (Å²) >= 11 is 0. The van der Waals surface area contributed by atoms with Crippen LogP contribution in [0.5, 0.6) is 11.5 Å². The van der Waals surface area contributed by atoms with E-state index in [4.69, 9.17) is 9.47 Å². The molecule has 3 aromatic rings. The Morgan fingerprint density at radius 2 is 1.52 bits per heavy atom. The van der Waals surface area contributed by atoms with Gasteiger partial charge in [0.15, 0.2) is 5.82 Å². The second-order valence-electron chi connectivity index (χ2n) is 7.08. The molecule has 0 amide bonds. The molecule has 1 aliphatic rings. The van der Waals surface area contributed by atoms with Crippen LogP contribution in [-0.2, 0) is 10.0 Å². The summed E-state index contributed by atoms with van der Waals surface area (Å²) in [5.74, 6) is 2.12. The Bertz CT molecular complexity index is 1130. The molecule has 2 aromatic carbocycles. The molecule has 1 fully saturated rings. The van der Waals surface area contributed by atoms with Gasteiger partial charge in [0, 0.05) is 31.7 Å². The van der Waals surface area contributed by atoms with Crippen LogP contribution in [0.1, 0.15) is 0 Å². The molecule has 31 heavy (non-hydrogen) atoms. The van der Waals surface area contributed by atoms with E-state index in [1.807, 2.05) is 41.3 Å². The number of nitrogens with zero attached hydrogens (tertiary/aromatic N) is 4. The Labute approximate surface area is 182 Å². The van der Waals surface area contributed by atoms with Crippen molar-refractivity contribution in [3.05, 3.63) is 60.7 Å². The predicted octanol–water partition coefficient (Wildman–Crippen LogP) is 2.67. The van der Waals surface area contributed by atoms with Gasteiger partial charge in [-0.15, -0.1) is 10.2 Å². The zero-order chi connectivity index (χ0) is 21.8. The van der Waals surface area contributed by atoms with Crippen LogP contribution in [0.25, 0.3) is 11.3 Å². The van der Waals surface area contributed by atoms with Crippen molar-refractivity contribution >= 4 is 15.8 Å². The quantitative estimate of drug-likeness (QED) is 0.583.